The molecule has 0 aliphatic carbocycles. The average Bonchev–Trinajstić information content (AvgIpc) is 2.54. The van der Waals surface area contributed by atoms with Crippen LogP contribution in [0.3, 0.4) is 0 Å². The highest BCUT2D eigenvalue weighted by Gasteiger charge is 2.21. The molecule has 0 saturated heterocycles. The third-order valence-corrected chi connectivity index (χ3v) is 2.50. The Morgan fingerprint density at radius 3 is 2.86 bits per heavy atom. The molecule has 14 heavy (non-hydrogen) atoms. The number of nitrogens with zero attached hydrogens (tertiary/aromatic N) is 2. The molecule has 0 aliphatic heterocycles. The van der Waals surface area contributed by atoms with Crippen molar-refractivity contribution in [2.75, 3.05) is 6.26 Å². The second kappa shape index (κ2) is 5.14. The molecule has 0 aromatic carbocycles. The average molecular weight is 214 g/mol. The summed E-state index contributed by atoms with van der Waals surface area (Å²) in [5.74, 6) is 1.67. The fourth-order valence-electron chi connectivity index (χ4n) is 1.23. The zero-order valence-electron chi connectivity index (χ0n) is 8.61. The Morgan fingerprint density at radius 2 is 2.36 bits per heavy atom. The maximum Gasteiger partial charge on any atom is 0.237 e. The number of rotatable bonds is 5. The summed E-state index contributed by atoms with van der Waals surface area (Å²) in [6, 6.07) is 0. The van der Waals surface area contributed by atoms with Gasteiger partial charge in [0.1, 0.15) is 5.78 Å². The summed E-state index contributed by atoms with van der Waals surface area (Å²) in [7, 11) is 0. The quantitative estimate of drug-likeness (QED) is 0.750. The molecule has 4 nitrogen and oxygen atoms in total. The van der Waals surface area contributed by atoms with E-state index < -0.39 is 0 Å². The van der Waals surface area contributed by atoms with Crippen LogP contribution >= 0.6 is 11.8 Å². The summed E-state index contributed by atoms with van der Waals surface area (Å²) in [5, 5.41) is 3.80. The van der Waals surface area contributed by atoms with Gasteiger partial charge in [0.25, 0.3) is 0 Å². The Hall–Kier alpha value is -0.840. The molecule has 0 aliphatic rings. The monoisotopic (exact) mass is 214 g/mol. The van der Waals surface area contributed by atoms with Gasteiger partial charge in [0.2, 0.25) is 5.89 Å². The van der Waals surface area contributed by atoms with Crippen LogP contribution in [0, 0.1) is 0 Å². The van der Waals surface area contributed by atoms with Gasteiger partial charge in [0, 0.05) is 0 Å². The fourth-order valence-corrected chi connectivity index (χ4v) is 1.61. The van der Waals surface area contributed by atoms with Gasteiger partial charge in [-0.2, -0.15) is 16.7 Å². The molecule has 1 atom stereocenters. The Balaban J connectivity index is 2.78. The molecule has 1 rings (SSSR count). The molecular formula is C9H14N2O2S. The van der Waals surface area contributed by atoms with Crippen molar-refractivity contribution in [2.24, 2.45) is 0 Å². The van der Waals surface area contributed by atoms with Crippen LogP contribution in [0.1, 0.15) is 37.9 Å². The molecule has 5 heteroatoms. The maximum atomic E-state index is 11.2. The number of Topliss-reactive ketones (excluding diaryl/α,β-unsaturated/α-hetero) is 1. The van der Waals surface area contributed by atoms with Gasteiger partial charge < -0.3 is 4.52 Å². The number of thioether (sulfide) groups is 1. The zero-order valence-corrected chi connectivity index (χ0v) is 9.43. The lowest BCUT2D eigenvalue weighted by Gasteiger charge is -2.03. The summed E-state index contributed by atoms with van der Waals surface area (Å²) in [6.07, 6.45) is 2.68. The van der Waals surface area contributed by atoms with Gasteiger partial charge in [-0.05, 0) is 19.6 Å². The van der Waals surface area contributed by atoms with E-state index in [2.05, 4.69) is 10.1 Å². The van der Waals surface area contributed by atoms with Gasteiger partial charge in [0.15, 0.2) is 5.82 Å². The summed E-state index contributed by atoms with van der Waals surface area (Å²) in [4.78, 5) is 15.4. The van der Waals surface area contributed by atoms with Crippen molar-refractivity contribution >= 4 is 17.5 Å². The van der Waals surface area contributed by atoms with Crippen LogP contribution in [0.15, 0.2) is 4.52 Å². The molecule has 1 heterocycles. The van der Waals surface area contributed by atoms with Crippen molar-refractivity contribution in [3.63, 3.8) is 0 Å². The Bertz CT molecular complexity index is 312. The molecule has 0 fully saturated rings. The van der Waals surface area contributed by atoms with E-state index in [9.17, 15) is 4.79 Å². The smallest absolute Gasteiger partial charge is 0.237 e. The third-order valence-electron chi connectivity index (χ3n) is 1.95. The van der Waals surface area contributed by atoms with Crippen LogP contribution in [0.2, 0.25) is 0 Å². The number of hydrogen-bond donors (Lipinski definition) is 0. The molecule has 1 aromatic rings. The first kappa shape index (κ1) is 11.2. The maximum absolute atomic E-state index is 11.2. The summed E-state index contributed by atoms with van der Waals surface area (Å²) < 4.78 is 5.04. The molecule has 0 saturated carbocycles. The van der Waals surface area contributed by atoms with Gasteiger partial charge in [0.05, 0.1) is 11.7 Å². The van der Waals surface area contributed by atoms with E-state index in [0.29, 0.717) is 18.1 Å². The predicted octanol–water partition coefficient (Wildman–Crippen LogP) is 2.02. The number of hydrogen-bond acceptors (Lipinski definition) is 5. The van der Waals surface area contributed by atoms with E-state index in [-0.39, 0.29) is 11.7 Å². The van der Waals surface area contributed by atoms with Crippen molar-refractivity contribution < 1.29 is 9.32 Å². The lowest BCUT2D eigenvalue weighted by molar-refractivity contribution is -0.119. The first-order valence-electron chi connectivity index (χ1n) is 4.50. The Labute approximate surface area is 87.5 Å². The second-order valence-corrected chi connectivity index (χ2v) is 3.92. The normalized spacial score (nSPS) is 12.8. The van der Waals surface area contributed by atoms with E-state index >= 15 is 0 Å². The van der Waals surface area contributed by atoms with Crippen LogP contribution in [-0.4, -0.2) is 22.2 Å². The highest BCUT2D eigenvalue weighted by atomic mass is 32.2. The lowest BCUT2D eigenvalue weighted by Crippen LogP contribution is -2.07. The van der Waals surface area contributed by atoms with Crippen molar-refractivity contribution in [3.8, 4) is 0 Å². The van der Waals surface area contributed by atoms with Gasteiger partial charge in [-0.1, -0.05) is 12.1 Å². The van der Waals surface area contributed by atoms with Crippen molar-refractivity contribution in [1.29, 1.82) is 0 Å². The lowest BCUT2D eigenvalue weighted by atomic mass is 10.0. The highest BCUT2D eigenvalue weighted by molar-refractivity contribution is 7.97. The summed E-state index contributed by atoms with van der Waals surface area (Å²) in [5.41, 5.74) is 0. The predicted molar refractivity (Wildman–Crippen MR) is 55.2 cm³/mol. The molecule has 0 amide bonds. The van der Waals surface area contributed by atoms with E-state index in [1.165, 1.54) is 0 Å². The number of carbonyl (C=O) groups excluding carboxylic acids is 1. The topological polar surface area (TPSA) is 56.0 Å². The standard InChI is InChI=1S/C9H14N2O2S/c1-4-7(6(2)12)9-10-8(5-14-3)11-13-9/h7H,4-5H2,1-3H3. The van der Waals surface area contributed by atoms with Gasteiger partial charge in [-0.25, -0.2) is 0 Å². The zero-order chi connectivity index (χ0) is 10.6. The van der Waals surface area contributed by atoms with Crippen LogP contribution in [0.5, 0.6) is 0 Å². The van der Waals surface area contributed by atoms with Crippen LogP contribution in [-0.2, 0) is 10.5 Å². The van der Waals surface area contributed by atoms with E-state index in [1.54, 1.807) is 18.7 Å². The minimum atomic E-state index is -0.238. The molecule has 1 unspecified atom stereocenters. The van der Waals surface area contributed by atoms with E-state index in [0.717, 1.165) is 5.75 Å². The third kappa shape index (κ3) is 2.57. The summed E-state index contributed by atoms with van der Waals surface area (Å²) in [6.45, 7) is 3.48. The van der Waals surface area contributed by atoms with Crippen LogP contribution < -0.4 is 0 Å². The SMILES string of the molecule is CCC(C(C)=O)c1nc(CSC)no1. The molecule has 0 bridgehead atoms. The van der Waals surface area contributed by atoms with Crippen LogP contribution in [0.4, 0.5) is 0 Å². The van der Waals surface area contributed by atoms with Gasteiger partial charge in [-0.15, -0.1) is 0 Å². The van der Waals surface area contributed by atoms with Gasteiger partial charge in [-0.3, -0.25) is 4.79 Å². The first-order valence-corrected chi connectivity index (χ1v) is 5.90. The largest absolute Gasteiger partial charge is 0.339 e. The Morgan fingerprint density at radius 1 is 1.64 bits per heavy atom. The number of aromatic nitrogens is 2. The number of carbonyl (C=O) groups is 1. The summed E-state index contributed by atoms with van der Waals surface area (Å²) >= 11 is 1.63. The molecule has 78 valence electrons. The molecular weight excluding hydrogens is 200 g/mol. The molecule has 0 N–H and O–H groups in total. The highest BCUT2D eigenvalue weighted by Crippen LogP contribution is 2.19. The minimum absolute atomic E-state index is 0.0758. The first-order chi connectivity index (χ1) is 6.69. The molecule has 1 aromatic heterocycles. The molecule has 0 spiro atoms. The molecule has 0 radical (unpaired) electrons. The second-order valence-electron chi connectivity index (χ2n) is 3.05. The fraction of sp³-hybridized carbons (Fsp3) is 0.667. The van der Waals surface area contributed by atoms with Crippen molar-refractivity contribution in [1.82, 2.24) is 10.1 Å². The Kier molecular flexibility index (Phi) is 4.13. The van der Waals surface area contributed by atoms with Crippen molar-refractivity contribution in [3.05, 3.63) is 11.7 Å². The minimum Gasteiger partial charge on any atom is -0.339 e. The van der Waals surface area contributed by atoms with Crippen molar-refractivity contribution in [2.45, 2.75) is 31.9 Å². The van der Waals surface area contributed by atoms with Gasteiger partial charge >= 0.3 is 0 Å². The van der Waals surface area contributed by atoms with E-state index in [4.69, 9.17) is 4.52 Å². The number of ketones is 1. The van der Waals surface area contributed by atoms with E-state index in [1.807, 2.05) is 13.2 Å². The van der Waals surface area contributed by atoms with Crippen LogP contribution in [0.25, 0.3) is 0 Å².